The first-order chi connectivity index (χ1) is 14.0. The minimum Gasteiger partial charge on any atom is -0.493 e. The number of carbonyl (C=O) groups is 1. The molecule has 1 N–H and O–H groups in total. The molecule has 0 spiro atoms. The minimum atomic E-state index is -0.940. The fourth-order valence-corrected chi connectivity index (χ4v) is 2.98. The molecule has 3 nitrogen and oxygen atoms in total. The van der Waals surface area contributed by atoms with Crippen molar-refractivity contribution in [2.75, 3.05) is 6.61 Å². The van der Waals surface area contributed by atoms with Gasteiger partial charge in [0.1, 0.15) is 5.75 Å². The third kappa shape index (κ3) is 10.5. The van der Waals surface area contributed by atoms with E-state index in [1.807, 2.05) is 43.3 Å². The van der Waals surface area contributed by atoms with E-state index in [1.165, 1.54) is 44.6 Å². The highest BCUT2D eigenvalue weighted by atomic mass is 16.5. The van der Waals surface area contributed by atoms with Crippen molar-refractivity contribution in [3.05, 3.63) is 71.9 Å². The molecule has 0 saturated carbocycles. The molecule has 0 heterocycles. The van der Waals surface area contributed by atoms with Crippen LogP contribution in [0.25, 0.3) is 5.57 Å². The summed E-state index contributed by atoms with van der Waals surface area (Å²) < 4.78 is 6.04. The van der Waals surface area contributed by atoms with Crippen molar-refractivity contribution in [2.45, 2.75) is 65.7 Å². The van der Waals surface area contributed by atoms with Crippen LogP contribution in [0.5, 0.6) is 5.75 Å². The van der Waals surface area contributed by atoms with Gasteiger partial charge in [-0.3, -0.25) is 0 Å². The van der Waals surface area contributed by atoms with Gasteiger partial charge in [0.15, 0.2) is 0 Å². The van der Waals surface area contributed by atoms with E-state index in [4.69, 9.17) is 9.84 Å². The maximum atomic E-state index is 10.7. The molecule has 1 aromatic rings. The first-order valence-electron chi connectivity index (χ1n) is 10.6. The lowest BCUT2D eigenvalue weighted by molar-refractivity contribution is -0.131. The summed E-state index contributed by atoms with van der Waals surface area (Å²) in [6, 6.07) is 7.99. The highest BCUT2D eigenvalue weighted by Crippen LogP contribution is 2.29. The van der Waals surface area contributed by atoms with Gasteiger partial charge in [-0.05, 0) is 43.1 Å². The Morgan fingerprint density at radius 3 is 2.41 bits per heavy atom. The van der Waals surface area contributed by atoms with Crippen LogP contribution in [-0.2, 0) is 4.79 Å². The maximum Gasteiger partial charge on any atom is 0.328 e. The normalized spacial score (nSPS) is 12.4. The zero-order chi connectivity index (χ0) is 21.5. The van der Waals surface area contributed by atoms with Crippen molar-refractivity contribution >= 4 is 11.5 Å². The number of hydrogen-bond donors (Lipinski definition) is 1. The molecule has 0 saturated heterocycles. The van der Waals surface area contributed by atoms with E-state index in [9.17, 15) is 4.79 Å². The number of carboxylic acid groups (broad SMARTS) is 1. The van der Waals surface area contributed by atoms with Gasteiger partial charge in [0.2, 0.25) is 0 Å². The van der Waals surface area contributed by atoms with Gasteiger partial charge in [-0.25, -0.2) is 4.79 Å². The zero-order valence-corrected chi connectivity index (χ0v) is 18.2. The summed E-state index contributed by atoms with van der Waals surface area (Å²) in [5, 5.41) is 8.76. The summed E-state index contributed by atoms with van der Waals surface area (Å²) >= 11 is 0. The predicted molar refractivity (Wildman–Crippen MR) is 123 cm³/mol. The minimum absolute atomic E-state index is 0.686. The maximum absolute atomic E-state index is 10.7. The summed E-state index contributed by atoms with van der Waals surface area (Å²) in [4.78, 5) is 10.7. The van der Waals surface area contributed by atoms with Crippen LogP contribution in [0.1, 0.15) is 71.3 Å². The molecule has 1 rings (SSSR count). The second-order valence-corrected chi connectivity index (χ2v) is 7.38. The summed E-state index contributed by atoms with van der Waals surface area (Å²) in [7, 11) is 0. The number of benzene rings is 1. The fraction of sp³-hybridized carbons (Fsp3) is 0.423. The van der Waals surface area contributed by atoms with Gasteiger partial charge in [-0.1, -0.05) is 88.5 Å². The second-order valence-electron chi connectivity index (χ2n) is 7.38. The molecule has 0 fully saturated rings. The standard InChI is InChI=1S/C26H36O3/c1-5-6-7-8-9-10-13-19-29-25-18-12-11-17-24(25)23(4)22(3)16-14-15-21(2)20-26(27)28/h11-12,14-18,20H,4-10,13,19H2,1-3H3,(H,27,28)/b15-14+,21-20+,22-16+. The molecule has 3 heteroatoms. The summed E-state index contributed by atoms with van der Waals surface area (Å²) in [5.74, 6) is -0.0773. The van der Waals surface area contributed by atoms with Gasteiger partial charge in [-0.2, -0.15) is 0 Å². The fourth-order valence-electron chi connectivity index (χ4n) is 2.98. The lowest BCUT2D eigenvalue weighted by Gasteiger charge is -2.14. The van der Waals surface area contributed by atoms with Gasteiger partial charge in [0, 0.05) is 11.6 Å². The van der Waals surface area contributed by atoms with Crippen molar-refractivity contribution in [3.8, 4) is 5.75 Å². The van der Waals surface area contributed by atoms with Crippen molar-refractivity contribution in [3.63, 3.8) is 0 Å². The van der Waals surface area contributed by atoms with Crippen molar-refractivity contribution < 1.29 is 14.6 Å². The van der Waals surface area contributed by atoms with E-state index in [2.05, 4.69) is 13.5 Å². The monoisotopic (exact) mass is 396 g/mol. The van der Waals surface area contributed by atoms with Gasteiger partial charge < -0.3 is 9.84 Å². The SMILES string of the molecule is C=C(/C(C)=C/C=C/C(C)=C/C(=O)O)c1ccccc1OCCCCCCCCC. The Morgan fingerprint density at radius 2 is 1.72 bits per heavy atom. The van der Waals surface area contributed by atoms with Crippen LogP contribution in [-0.4, -0.2) is 17.7 Å². The molecule has 0 amide bonds. The molecule has 0 aliphatic carbocycles. The molecule has 0 radical (unpaired) electrons. The van der Waals surface area contributed by atoms with E-state index >= 15 is 0 Å². The number of allylic oxidation sites excluding steroid dienone is 6. The first kappa shape index (κ1) is 24.5. The Morgan fingerprint density at radius 1 is 1.07 bits per heavy atom. The molecule has 0 atom stereocenters. The van der Waals surface area contributed by atoms with Crippen LogP contribution < -0.4 is 4.74 Å². The first-order valence-corrected chi connectivity index (χ1v) is 10.6. The number of aliphatic carboxylic acids is 1. The van der Waals surface area contributed by atoms with Gasteiger partial charge in [-0.15, -0.1) is 0 Å². The van der Waals surface area contributed by atoms with Crippen molar-refractivity contribution in [1.82, 2.24) is 0 Å². The highest BCUT2D eigenvalue weighted by Gasteiger charge is 2.08. The van der Waals surface area contributed by atoms with Crippen LogP contribution >= 0.6 is 0 Å². The Balaban J connectivity index is 2.60. The van der Waals surface area contributed by atoms with E-state index < -0.39 is 5.97 Å². The van der Waals surface area contributed by atoms with Gasteiger partial charge in [0.05, 0.1) is 6.61 Å². The molecule has 0 bridgehead atoms. The third-order valence-electron chi connectivity index (χ3n) is 4.75. The number of para-hydroxylation sites is 1. The van der Waals surface area contributed by atoms with Crippen LogP contribution in [0, 0.1) is 0 Å². The Kier molecular flexibility index (Phi) is 12.2. The average Bonchev–Trinajstić information content (AvgIpc) is 2.69. The number of ether oxygens (including phenoxy) is 1. The molecule has 0 aromatic heterocycles. The smallest absolute Gasteiger partial charge is 0.328 e. The van der Waals surface area contributed by atoms with Crippen LogP contribution in [0.15, 0.2) is 66.3 Å². The average molecular weight is 397 g/mol. The van der Waals surface area contributed by atoms with Crippen LogP contribution in [0.2, 0.25) is 0 Å². The largest absolute Gasteiger partial charge is 0.493 e. The summed E-state index contributed by atoms with van der Waals surface area (Å²) in [6.07, 6.45) is 15.6. The number of hydrogen-bond acceptors (Lipinski definition) is 2. The molecule has 29 heavy (non-hydrogen) atoms. The van der Waals surface area contributed by atoms with E-state index in [0.29, 0.717) is 5.57 Å². The highest BCUT2D eigenvalue weighted by molar-refractivity contribution is 5.81. The molecular weight excluding hydrogens is 360 g/mol. The van der Waals surface area contributed by atoms with E-state index in [-0.39, 0.29) is 0 Å². The second kappa shape index (κ2) is 14.4. The number of unbranched alkanes of at least 4 members (excludes halogenated alkanes) is 6. The molecule has 0 aliphatic heterocycles. The van der Waals surface area contributed by atoms with Gasteiger partial charge in [0.25, 0.3) is 0 Å². The number of rotatable bonds is 14. The van der Waals surface area contributed by atoms with Crippen molar-refractivity contribution in [1.29, 1.82) is 0 Å². The Hall–Kier alpha value is -2.55. The van der Waals surface area contributed by atoms with E-state index in [1.54, 1.807) is 13.0 Å². The van der Waals surface area contributed by atoms with Crippen molar-refractivity contribution in [2.24, 2.45) is 0 Å². The van der Waals surface area contributed by atoms with Crippen LogP contribution in [0.3, 0.4) is 0 Å². The zero-order valence-electron chi connectivity index (χ0n) is 18.2. The van der Waals surface area contributed by atoms with Crippen LogP contribution in [0.4, 0.5) is 0 Å². The quantitative estimate of drug-likeness (QED) is 0.203. The van der Waals surface area contributed by atoms with E-state index in [0.717, 1.165) is 35.5 Å². The summed E-state index contributed by atoms with van der Waals surface area (Å²) in [5.41, 5.74) is 3.60. The number of carboxylic acids is 1. The predicted octanol–water partition coefficient (Wildman–Crippen LogP) is 7.36. The Bertz CT molecular complexity index is 738. The lowest BCUT2D eigenvalue weighted by Crippen LogP contribution is -2.00. The topological polar surface area (TPSA) is 46.5 Å². The lowest BCUT2D eigenvalue weighted by atomic mass is 9.99. The van der Waals surface area contributed by atoms with Gasteiger partial charge >= 0.3 is 5.97 Å². The third-order valence-corrected chi connectivity index (χ3v) is 4.75. The summed E-state index contributed by atoms with van der Waals surface area (Å²) in [6.45, 7) is 10.9. The molecule has 0 unspecified atom stereocenters. The molecule has 158 valence electrons. The molecule has 0 aliphatic rings. The molecule has 1 aromatic carbocycles. The molecular formula is C26H36O3. The Labute approximate surface area is 176 Å².